The molecule has 4 aromatic rings. The third kappa shape index (κ3) is 4.72. The summed E-state index contributed by atoms with van der Waals surface area (Å²) >= 11 is 0. The Balaban J connectivity index is 1.59. The minimum absolute atomic E-state index is 0.0537. The summed E-state index contributed by atoms with van der Waals surface area (Å²) in [6.45, 7) is 1.82. The lowest BCUT2D eigenvalue weighted by atomic mass is 9.92. The molecule has 0 atom stereocenters. The van der Waals surface area contributed by atoms with Crippen molar-refractivity contribution >= 4 is 26.6 Å². The van der Waals surface area contributed by atoms with Crippen molar-refractivity contribution in [1.29, 1.82) is 10.5 Å². The number of hydrogen-bond acceptors (Lipinski definition) is 7. The maximum absolute atomic E-state index is 12.2. The Morgan fingerprint density at radius 3 is 2.49 bits per heavy atom. The lowest BCUT2D eigenvalue weighted by Crippen LogP contribution is -2.18. The van der Waals surface area contributed by atoms with E-state index in [9.17, 15) is 18.9 Å². The molecule has 1 N–H and O–H groups in total. The van der Waals surface area contributed by atoms with Crippen LogP contribution >= 0.6 is 0 Å². The summed E-state index contributed by atoms with van der Waals surface area (Å²) in [4.78, 5) is 8.12. The van der Waals surface area contributed by atoms with Gasteiger partial charge in [0.05, 0.1) is 22.5 Å². The van der Waals surface area contributed by atoms with Gasteiger partial charge in [-0.05, 0) is 55.5 Å². The largest absolute Gasteiger partial charge is 0.436 e. The van der Waals surface area contributed by atoms with Gasteiger partial charge in [-0.25, -0.2) is 18.4 Å². The van der Waals surface area contributed by atoms with Gasteiger partial charge >= 0.3 is 0 Å². The number of rotatable bonds is 8. The SMILES string of the molecule is CCCS(=O)(=O)Nc1ccc(-c2c(C#N)c3ccc(Oc4nccnc4C#N)cc3n2C2CCC2)cc1. The summed E-state index contributed by atoms with van der Waals surface area (Å²) in [6, 6.07) is 17.2. The molecular weight excluding hydrogens is 488 g/mol. The number of benzene rings is 2. The van der Waals surface area contributed by atoms with E-state index in [0.717, 1.165) is 41.4 Å². The molecule has 186 valence electrons. The predicted molar refractivity (Wildman–Crippen MR) is 139 cm³/mol. The summed E-state index contributed by atoms with van der Waals surface area (Å²) in [7, 11) is -3.40. The lowest BCUT2D eigenvalue weighted by Gasteiger charge is -2.30. The second kappa shape index (κ2) is 9.92. The summed E-state index contributed by atoms with van der Waals surface area (Å²) in [5.74, 6) is 0.658. The number of aromatic nitrogens is 3. The Labute approximate surface area is 215 Å². The van der Waals surface area contributed by atoms with Gasteiger partial charge in [0.25, 0.3) is 5.88 Å². The quantitative estimate of drug-likeness (QED) is 0.329. The molecule has 0 amide bonds. The first kappa shape index (κ1) is 24.3. The van der Waals surface area contributed by atoms with Gasteiger partial charge in [-0.2, -0.15) is 10.5 Å². The van der Waals surface area contributed by atoms with Crippen molar-refractivity contribution in [1.82, 2.24) is 14.5 Å². The highest BCUT2D eigenvalue weighted by atomic mass is 32.2. The van der Waals surface area contributed by atoms with E-state index in [2.05, 4.69) is 25.3 Å². The van der Waals surface area contributed by atoms with E-state index in [-0.39, 0.29) is 23.4 Å². The van der Waals surface area contributed by atoms with E-state index in [1.165, 1.54) is 12.4 Å². The van der Waals surface area contributed by atoms with Crippen LogP contribution in [0.3, 0.4) is 0 Å². The molecule has 1 aliphatic carbocycles. The molecule has 10 heteroatoms. The molecule has 0 saturated heterocycles. The third-order valence-corrected chi connectivity index (χ3v) is 7.91. The van der Waals surface area contributed by atoms with Crippen molar-refractivity contribution in [3.8, 4) is 35.0 Å². The van der Waals surface area contributed by atoms with Crippen molar-refractivity contribution in [3.63, 3.8) is 0 Å². The van der Waals surface area contributed by atoms with E-state index in [0.29, 0.717) is 23.4 Å². The van der Waals surface area contributed by atoms with Crippen molar-refractivity contribution < 1.29 is 13.2 Å². The van der Waals surface area contributed by atoms with Gasteiger partial charge in [-0.1, -0.05) is 19.1 Å². The number of sulfonamides is 1. The zero-order chi connectivity index (χ0) is 26.0. The highest BCUT2D eigenvalue weighted by Gasteiger charge is 2.28. The van der Waals surface area contributed by atoms with E-state index in [4.69, 9.17) is 4.74 Å². The molecule has 0 spiro atoms. The van der Waals surface area contributed by atoms with Crippen LogP contribution in [-0.2, 0) is 10.0 Å². The third-order valence-electron chi connectivity index (χ3n) is 6.42. The molecule has 0 aliphatic heterocycles. The van der Waals surface area contributed by atoms with Crippen LogP contribution in [0.25, 0.3) is 22.2 Å². The van der Waals surface area contributed by atoms with Crippen molar-refractivity contribution in [2.75, 3.05) is 10.5 Å². The number of nitrogens with zero attached hydrogens (tertiary/aromatic N) is 5. The Hall–Kier alpha value is -4.41. The van der Waals surface area contributed by atoms with Gasteiger partial charge in [0.15, 0.2) is 0 Å². The molecule has 5 rings (SSSR count). The molecule has 0 unspecified atom stereocenters. The average Bonchev–Trinajstić information content (AvgIpc) is 3.16. The van der Waals surface area contributed by atoms with Crippen LogP contribution in [0, 0.1) is 22.7 Å². The first-order valence-corrected chi connectivity index (χ1v) is 13.7. The lowest BCUT2D eigenvalue weighted by molar-refractivity contribution is 0.324. The molecule has 1 saturated carbocycles. The molecule has 37 heavy (non-hydrogen) atoms. The van der Waals surface area contributed by atoms with Crippen molar-refractivity contribution in [3.05, 3.63) is 66.1 Å². The predicted octanol–water partition coefficient (Wildman–Crippen LogP) is 5.51. The second-order valence-electron chi connectivity index (χ2n) is 8.89. The van der Waals surface area contributed by atoms with Crippen molar-refractivity contribution in [2.45, 2.75) is 38.6 Å². The van der Waals surface area contributed by atoms with Crippen LogP contribution in [0.1, 0.15) is 49.9 Å². The molecule has 0 bridgehead atoms. The molecule has 9 nitrogen and oxygen atoms in total. The van der Waals surface area contributed by atoms with Gasteiger partial charge < -0.3 is 9.30 Å². The van der Waals surface area contributed by atoms with Crippen LogP contribution in [0.15, 0.2) is 54.9 Å². The fraction of sp³-hybridized carbons (Fsp3) is 0.259. The molecule has 0 radical (unpaired) electrons. The maximum Gasteiger partial charge on any atom is 0.256 e. The van der Waals surface area contributed by atoms with Gasteiger partial charge in [0.1, 0.15) is 17.9 Å². The number of ether oxygens (including phenoxy) is 1. The van der Waals surface area contributed by atoms with E-state index >= 15 is 0 Å². The molecule has 2 aromatic carbocycles. The molecular formula is C27H24N6O3S. The van der Waals surface area contributed by atoms with Crippen LogP contribution < -0.4 is 9.46 Å². The zero-order valence-electron chi connectivity index (χ0n) is 20.2. The smallest absolute Gasteiger partial charge is 0.256 e. The van der Waals surface area contributed by atoms with Gasteiger partial charge in [0.2, 0.25) is 15.7 Å². The number of nitriles is 2. The fourth-order valence-electron chi connectivity index (χ4n) is 4.56. The topological polar surface area (TPSA) is 134 Å². The van der Waals surface area contributed by atoms with Gasteiger partial charge in [-0.15, -0.1) is 0 Å². The summed E-state index contributed by atoms with van der Waals surface area (Å²) in [5, 5.41) is 20.3. The standard InChI is InChI=1S/C27H24N6O3S/c1-2-14-37(34,35)32-19-8-6-18(7-9-19)26-23(16-28)22-11-10-21(15-25(22)33(26)20-4-3-5-20)36-27-24(17-29)30-12-13-31-27/h6-13,15,20,32H,2-5,14H2,1H3. The minimum atomic E-state index is -3.40. The number of anilines is 1. The summed E-state index contributed by atoms with van der Waals surface area (Å²) in [5.41, 5.74) is 3.58. The average molecular weight is 513 g/mol. The van der Waals surface area contributed by atoms with Crippen molar-refractivity contribution in [2.24, 2.45) is 0 Å². The maximum atomic E-state index is 12.2. The summed E-state index contributed by atoms with van der Waals surface area (Å²) in [6.07, 6.45) is 6.51. The first-order valence-electron chi connectivity index (χ1n) is 12.0. The van der Waals surface area contributed by atoms with Crippen LogP contribution in [0.2, 0.25) is 0 Å². The van der Waals surface area contributed by atoms with Crippen LogP contribution in [0.5, 0.6) is 11.6 Å². The van der Waals surface area contributed by atoms with Crippen LogP contribution in [0.4, 0.5) is 5.69 Å². The Kier molecular flexibility index (Phi) is 6.51. The van der Waals surface area contributed by atoms with E-state index < -0.39 is 10.0 Å². The summed E-state index contributed by atoms with van der Waals surface area (Å²) < 4.78 is 35.0. The minimum Gasteiger partial charge on any atom is -0.436 e. The van der Waals surface area contributed by atoms with Gasteiger partial charge in [0, 0.05) is 35.6 Å². The molecule has 2 heterocycles. The van der Waals surface area contributed by atoms with Gasteiger partial charge in [-0.3, -0.25) is 4.72 Å². The molecule has 1 fully saturated rings. The highest BCUT2D eigenvalue weighted by Crippen LogP contribution is 2.43. The highest BCUT2D eigenvalue weighted by molar-refractivity contribution is 7.92. The van der Waals surface area contributed by atoms with E-state index in [1.807, 2.05) is 37.3 Å². The zero-order valence-corrected chi connectivity index (χ0v) is 21.0. The molecule has 2 aromatic heterocycles. The van der Waals surface area contributed by atoms with Crippen LogP contribution in [-0.4, -0.2) is 28.7 Å². The van der Waals surface area contributed by atoms with E-state index in [1.54, 1.807) is 18.2 Å². The molecule has 1 aliphatic rings. The Bertz CT molecular complexity index is 1660. The second-order valence-corrected chi connectivity index (χ2v) is 10.7. The normalized spacial score (nSPS) is 13.5. The Morgan fingerprint density at radius 1 is 1.08 bits per heavy atom. The first-order chi connectivity index (χ1) is 17.9. The Morgan fingerprint density at radius 2 is 1.84 bits per heavy atom. The fourth-order valence-corrected chi connectivity index (χ4v) is 5.69. The number of nitrogens with one attached hydrogen (secondary N) is 1. The monoisotopic (exact) mass is 512 g/mol. The number of hydrogen-bond donors (Lipinski definition) is 1. The number of fused-ring (bicyclic) bond motifs is 1.